The van der Waals surface area contributed by atoms with Crippen LogP contribution in [0.4, 0.5) is 5.69 Å². The third-order valence-electron chi connectivity index (χ3n) is 4.52. The molecule has 1 aromatic heterocycles. The number of unbranched alkanes of at least 4 members (excludes halogenated alkanes) is 13. The topological polar surface area (TPSA) is 42.8 Å². The fourth-order valence-corrected chi connectivity index (χ4v) is 3.07. The van der Waals surface area contributed by atoms with Crippen molar-refractivity contribution in [2.45, 2.75) is 103 Å². The fourth-order valence-electron chi connectivity index (χ4n) is 3.07. The molecule has 1 heterocycles. The smallest absolute Gasteiger partial charge is 0.286 e. The zero-order valence-corrected chi connectivity index (χ0v) is 17.3. The summed E-state index contributed by atoms with van der Waals surface area (Å²) in [6.45, 7) is 3.32. The zero-order chi connectivity index (χ0) is 16.6. The van der Waals surface area contributed by atoms with Gasteiger partial charge in [-0.05, 0) is 12.8 Å². The molecule has 1 rings (SSSR count). The van der Waals surface area contributed by atoms with Crippen molar-refractivity contribution in [1.82, 2.24) is 4.98 Å². The molecule has 0 saturated heterocycles. The fraction of sp³-hybridized carbons (Fsp3) is 0.800. The van der Waals surface area contributed by atoms with Gasteiger partial charge in [-0.25, -0.2) is 4.57 Å². The van der Waals surface area contributed by atoms with Gasteiger partial charge < -0.3 is 22.7 Å². The van der Waals surface area contributed by atoms with Crippen LogP contribution in [0.25, 0.3) is 0 Å². The average Bonchev–Trinajstić information content (AvgIpc) is 2.55. The van der Waals surface area contributed by atoms with Gasteiger partial charge >= 0.3 is 0 Å². The van der Waals surface area contributed by atoms with E-state index < -0.39 is 0 Å². The third-order valence-corrected chi connectivity index (χ3v) is 4.52. The maximum absolute atomic E-state index is 5.73. The van der Waals surface area contributed by atoms with Crippen LogP contribution < -0.4 is 27.3 Å². The predicted molar refractivity (Wildman–Crippen MR) is 99.2 cm³/mol. The highest BCUT2D eigenvalue weighted by Gasteiger charge is 1.99. The van der Waals surface area contributed by atoms with E-state index in [9.17, 15) is 0 Å². The largest absolute Gasteiger partial charge is 1.00 e. The van der Waals surface area contributed by atoms with E-state index in [1.165, 1.54) is 89.9 Å². The van der Waals surface area contributed by atoms with Crippen molar-refractivity contribution in [3.05, 3.63) is 18.7 Å². The Kier molecular flexibility index (Phi) is 16.7. The van der Waals surface area contributed by atoms with Gasteiger partial charge in [-0.2, -0.15) is 0 Å². The van der Waals surface area contributed by atoms with E-state index in [0.717, 1.165) is 12.2 Å². The Hall–Kier alpha value is -0.640. The quantitative estimate of drug-likeness (QED) is 0.363. The molecule has 2 N–H and O–H groups in total. The lowest BCUT2D eigenvalue weighted by atomic mass is 10.0. The number of rotatable bonds is 15. The lowest BCUT2D eigenvalue weighted by Crippen LogP contribution is -3.00. The van der Waals surface area contributed by atoms with Crippen LogP contribution in [0, 0.1) is 0 Å². The highest BCUT2D eigenvalue weighted by Crippen LogP contribution is 2.12. The Bertz CT molecular complexity index is 385. The molecule has 0 aromatic carbocycles. The van der Waals surface area contributed by atoms with Crippen molar-refractivity contribution in [2.24, 2.45) is 0 Å². The number of nitrogen functional groups attached to an aromatic ring is 1. The van der Waals surface area contributed by atoms with Gasteiger partial charge in [-0.1, -0.05) is 89.0 Å². The van der Waals surface area contributed by atoms with E-state index in [2.05, 4.69) is 16.5 Å². The standard InChI is InChI=1S/C20H38N3.BrH/c1-2-3-4-5-6-7-8-9-10-11-12-13-14-15-16-23-18-20(21)17-22-19-23;/h17-19H,2-16,21H2,1H3;1H/q+1;/p-1. The summed E-state index contributed by atoms with van der Waals surface area (Å²) in [4.78, 5) is 4.11. The van der Waals surface area contributed by atoms with E-state index >= 15 is 0 Å². The number of halogens is 1. The summed E-state index contributed by atoms with van der Waals surface area (Å²) in [5.74, 6) is 0. The summed E-state index contributed by atoms with van der Waals surface area (Å²) < 4.78 is 2.09. The first kappa shape index (κ1) is 23.4. The number of nitrogens with two attached hydrogens (primary N) is 1. The van der Waals surface area contributed by atoms with Crippen molar-refractivity contribution in [3.8, 4) is 0 Å². The van der Waals surface area contributed by atoms with E-state index in [1.807, 2.05) is 12.5 Å². The number of anilines is 1. The minimum absolute atomic E-state index is 0. The Morgan fingerprint density at radius 1 is 0.792 bits per heavy atom. The lowest BCUT2D eigenvalue weighted by Gasteiger charge is -2.03. The van der Waals surface area contributed by atoms with Crippen LogP contribution in [0.2, 0.25) is 0 Å². The molecule has 0 atom stereocenters. The van der Waals surface area contributed by atoms with Gasteiger partial charge in [0, 0.05) is 0 Å². The lowest BCUT2D eigenvalue weighted by molar-refractivity contribution is -0.699. The summed E-state index contributed by atoms with van der Waals surface area (Å²) in [5, 5.41) is 0. The van der Waals surface area contributed by atoms with Gasteiger partial charge in [-0.15, -0.1) is 0 Å². The Labute approximate surface area is 160 Å². The maximum atomic E-state index is 5.73. The molecule has 140 valence electrons. The summed E-state index contributed by atoms with van der Waals surface area (Å²) in [6, 6.07) is 0. The van der Waals surface area contributed by atoms with Gasteiger partial charge in [0.05, 0.1) is 6.54 Å². The van der Waals surface area contributed by atoms with Crippen molar-refractivity contribution in [2.75, 3.05) is 5.73 Å². The average molecular weight is 400 g/mol. The summed E-state index contributed by atoms with van der Waals surface area (Å²) >= 11 is 0. The van der Waals surface area contributed by atoms with E-state index in [0.29, 0.717) is 0 Å². The Morgan fingerprint density at radius 3 is 1.71 bits per heavy atom. The molecule has 0 unspecified atom stereocenters. The molecular formula is C20H38BrN3. The first-order chi connectivity index (χ1) is 11.3. The van der Waals surface area contributed by atoms with Crippen LogP contribution >= 0.6 is 0 Å². The molecule has 0 bridgehead atoms. The highest BCUT2D eigenvalue weighted by molar-refractivity contribution is 5.27. The number of aryl methyl sites for hydroxylation is 1. The number of hydrogen-bond acceptors (Lipinski definition) is 2. The second-order valence-corrected chi connectivity index (χ2v) is 6.86. The second kappa shape index (κ2) is 17.2. The molecule has 0 fully saturated rings. The summed E-state index contributed by atoms with van der Waals surface area (Å²) in [7, 11) is 0. The molecule has 3 nitrogen and oxygen atoms in total. The van der Waals surface area contributed by atoms with Crippen molar-refractivity contribution < 1.29 is 21.5 Å². The first-order valence-corrected chi connectivity index (χ1v) is 9.92. The third kappa shape index (κ3) is 13.8. The van der Waals surface area contributed by atoms with Crippen molar-refractivity contribution >= 4 is 5.69 Å². The van der Waals surface area contributed by atoms with Crippen LogP contribution in [-0.2, 0) is 6.54 Å². The first-order valence-electron chi connectivity index (χ1n) is 9.92. The van der Waals surface area contributed by atoms with Crippen LogP contribution in [0.5, 0.6) is 0 Å². The molecule has 0 radical (unpaired) electrons. The summed E-state index contributed by atoms with van der Waals surface area (Å²) in [5.41, 5.74) is 6.47. The Balaban J connectivity index is 0.00000529. The van der Waals surface area contributed by atoms with E-state index in [-0.39, 0.29) is 17.0 Å². The predicted octanol–water partition coefficient (Wildman–Crippen LogP) is 2.44. The normalized spacial score (nSPS) is 10.5. The van der Waals surface area contributed by atoms with E-state index in [4.69, 9.17) is 5.73 Å². The molecule has 4 heteroatoms. The van der Waals surface area contributed by atoms with Crippen LogP contribution in [0.15, 0.2) is 18.7 Å². The van der Waals surface area contributed by atoms with Gasteiger partial charge in [-0.3, -0.25) is 0 Å². The molecule has 0 amide bonds. The molecule has 1 aromatic rings. The van der Waals surface area contributed by atoms with E-state index in [1.54, 1.807) is 6.20 Å². The molecule has 0 saturated carbocycles. The molecular weight excluding hydrogens is 362 g/mol. The molecule has 0 aliphatic heterocycles. The minimum atomic E-state index is 0. The van der Waals surface area contributed by atoms with Gasteiger partial charge in [0.2, 0.25) is 0 Å². The summed E-state index contributed by atoms with van der Waals surface area (Å²) in [6.07, 6.45) is 25.2. The van der Waals surface area contributed by atoms with Gasteiger partial charge in [0.25, 0.3) is 6.33 Å². The van der Waals surface area contributed by atoms with Crippen LogP contribution in [0.1, 0.15) is 96.8 Å². The highest BCUT2D eigenvalue weighted by atomic mass is 79.9. The van der Waals surface area contributed by atoms with Gasteiger partial charge in [0.1, 0.15) is 11.9 Å². The zero-order valence-electron chi connectivity index (χ0n) is 15.7. The number of nitrogens with zero attached hydrogens (tertiary/aromatic N) is 2. The van der Waals surface area contributed by atoms with Crippen molar-refractivity contribution in [1.29, 1.82) is 0 Å². The van der Waals surface area contributed by atoms with Crippen molar-refractivity contribution in [3.63, 3.8) is 0 Å². The van der Waals surface area contributed by atoms with Crippen LogP contribution in [0.3, 0.4) is 0 Å². The van der Waals surface area contributed by atoms with Crippen LogP contribution in [-0.4, -0.2) is 4.98 Å². The second-order valence-electron chi connectivity index (χ2n) is 6.86. The van der Waals surface area contributed by atoms with Gasteiger partial charge in [0.15, 0.2) is 6.20 Å². The SMILES string of the molecule is CCCCCCCCCCCCCCCC[n+]1cncc(N)c1.[Br-]. The molecule has 0 spiro atoms. The maximum Gasteiger partial charge on any atom is 0.286 e. The Morgan fingerprint density at radius 2 is 1.25 bits per heavy atom. The molecule has 24 heavy (non-hydrogen) atoms. The molecule has 0 aliphatic carbocycles. The number of hydrogen-bond donors (Lipinski definition) is 1. The minimum Gasteiger partial charge on any atom is -1.00 e. The number of aromatic nitrogens is 2. The molecule has 0 aliphatic rings. The monoisotopic (exact) mass is 399 g/mol.